The number of nitrogens with one attached hydrogen (secondary N) is 2. The maximum Gasteiger partial charge on any atom is 0.269 e. The largest absolute Gasteiger partial charge is 0.497 e. The second-order valence-electron chi connectivity index (χ2n) is 5.47. The molecule has 4 nitrogen and oxygen atoms in total. The summed E-state index contributed by atoms with van der Waals surface area (Å²) in [6.07, 6.45) is 0. The van der Waals surface area contributed by atoms with E-state index in [0.29, 0.717) is 10.7 Å². The molecule has 0 aliphatic carbocycles. The van der Waals surface area contributed by atoms with Crippen molar-refractivity contribution in [1.82, 2.24) is 10.3 Å². The second-order valence-corrected chi connectivity index (χ2v) is 6.99. The number of hydrogen-bond donors (Lipinski definition) is 2. The second kappa shape index (κ2) is 7.03. The number of aromatic amines is 1. The molecule has 24 heavy (non-hydrogen) atoms. The molecule has 6 heteroatoms. The number of ether oxygens (including phenoxy) is 1. The number of carbonyl (C=O) groups excluding carboxylic acids is 1. The van der Waals surface area contributed by atoms with E-state index < -0.39 is 0 Å². The van der Waals surface area contributed by atoms with Gasteiger partial charge >= 0.3 is 0 Å². The van der Waals surface area contributed by atoms with Crippen LogP contribution in [0.1, 0.15) is 29.0 Å². The van der Waals surface area contributed by atoms with Crippen molar-refractivity contribution in [1.29, 1.82) is 0 Å². The summed E-state index contributed by atoms with van der Waals surface area (Å²) < 4.78 is 6.02. The molecule has 0 saturated heterocycles. The molecule has 1 amide bonds. The van der Waals surface area contributed by atoms with E-state index in [1.165, 1.54) is 0 Å². The molecule has 0 aliphatic rings. The molecular weight excluding hydrogens is 439 g/mol. The zero-order valence-electron chi connectivity index (χ0n) is 13.2. The summed E-state index contributed by atoms with van der Waals surface area (Å²) in [6.45, 7) is 1.95. The van der Waals surface area contributed by atoms with Crippen LogP contribution in [0, 0.1) is 3.57 Å². The lowest BCUT2D eigenvalue weighted by atomic mass is 10.1. The topological polar surface area (TPSA) is 54.1 Å². The molecule has 0 fully saturated rings. The quantitative estimate of drug-likeness (QED) is 0.550. The van der Waals surface area contributed by atoms with Gasteiger partial charge in [-0.2, -0.15) is 0 Å². The molecule has 1 heterocycles. The van der Waals surface area contributed by atoms with Gasteiger partial charge in [-0.15, -0.1) is 0 Å². The maximum atomic E-state index is 12.6. The highest BCUT2D eigenvalue weighted by Gasteiger charge is 2.18. The Balaban J connectivity index is 1.82. The third-order valence-corrected chi connectivity index (χ3v) is 5.24. The van der Waals surface area contributed by atoms with E-state index in [2.05, 4.69) is 32.9 Å². The monoisotopic (exact) mass is 454 g/mol. The predicted molar refractivity (Wildman–Crippen MR) is 105 cm³/mol. The zero-order valence-corrected chi connectivity index (χ0v) is 16.1. The van der Waals surface area contributed by atoms with E-state index in [-0.39, 0.29) is 11.9 Å². The summed E-state index contributed by atoms with van der Waals surface area (Å²) >= 11 is 8.21. The van der Waals surface area contributed by atoms with Crippen LogP contribution in [0.4, 0.5) is 0 Å². The highest BCUT2D eigenvalue weighted by Crippen LogP contribution is 2.27. The first kappa shape index (κ1) is 17.1. The summed E-state index contributed by atoms with van der Waals surface area (Å²) in [5.41, 5.74) is 2.46. The van der Waals surface area contributed by atoms with Crippen molar-refractivity contribution in [2.45, 2.75) is 13.0 Å². The van der Waals surface area contributed by atoms with Crippen LogP contribution < -0.4 is 10.1 Å². The van der Waals surface area contributed by atoms with Crippen LogP contribution >= 0.6 is 34.2 Å². The molecule has 1 atom stereocenters. The number of hydrogen-bond acceptors (Lipinski definition) is 2. The summed E-state index contributed by atoms with van der Waals surface area (Å²) in [5, 5.41) is 4.62. The number of methoxy groups -OCH3 is 1. The molecular formula is C18H16ClIN2O2. The van der Waals surface area contributed by atoms with Gasteiger partial charge in [0.1, 0.15) is 11.4 Å². The van der Waals surface area contributed by atoms with E-state index in [4.69, 9.17) is 16.3 Å². The molecule has 0 aliphatic heterocycles. The molecule has 0 spiro atoms. The number of carbonyl (C=O) groups is 1. The van der Waals surface area contributed by atoms with Crippen LogP contribution in [0.15, 0.2) is 42.5 Å². The minimum atomic E-state index is -0.143. The van der Waals surface area contributed by atoms with Crippen LogP contribution in [-0.2, 0) is 0 Å². The Kier molecular flexibility index (Phi) is 5.01. The Morgan fingerprint density at radius 1 is 1.25 bits per heavy atom. The third-order valence-electron chi connectivity index (χ3n) is 3.89. The molecule has 1 aromatic heterocycles. The molecule has 0 unspecified atom stereocenters. The summed E-state index contributed by atoms with van der Waals surface area (Å²) in [4.78, 5) is 15.8. The lowest BCUT2D eigenvalue weighted by molar-refractivity contribution is 0.0935. The Morgan fingerprint density at radius 2 is 1.96 bits per heavy atom. The number of rotatable bonds is 4. The number of benzene rings is 2. The van der Waals surface area contributed by atoms with Gasteiger partial charge < -0.3 is 15.0 Å². The molecule has 3 rings (SSSR count). The fraction of sp³-hybridized carbons (Fsp3) is 0.167. The molecule has 0 radical (unpaired) electrons. The van der Waals surface area contributed by atoms with Crippen LogP contribution in [0.5, 0.6) is 5.75 Å². The fourth-order valence-corrected chi connectivity index (χ4v) is 3.53. The van der Waals surface area contributed by atoms with Crippen molar-refractivity contribution in [3.05, 3.63) is 62.3 Å². The van der Waals surface area contributed by atoms with Gasteiger partial charge in [-0.05, 0) is 65.4 Å². The van der Waals surface area contributed by atoms with Gasteiger partial charge in [0, 0.05) is 15.9 Å². The Bertz CT molecular complexity index is 890. The summed E-state index contributed by atoms with van der Waals surface area (Å²) in [6, 6.07) is 13.1. The van der Waals surface area contributed by atoms with Gasteiger partial charge in [-0.25, -0.2) is 0 Å². The van der Waals surface area contributed by atoms with Gasteiger partial charge in [0.25, 0.3) is 5.91 Å². The minimum absolute atomic E-state index is 0.116. The van der Waals surface area contributed by atoms with E-state index in [1.54, 1.807) is 13.2 Å². The molecule has 3 aromatic rings. The van der Waals surface area contributed by atoms with Gasteiger partial charge in [-0.3, -0.25) is 4.79 Å². The fourth-order valence-electron chi connectivity index (χ4n) is 2.53. The number of amides is 1. The molecule has 124 valence electrons. The smallest absolute Gasteiger partial charge is 0.269 e. The molecule has 0 saturated carbocycles. The Morgan fingerprint density at radius 3 is 2.62 bits per heavy atom. The number of H-pyrrole nitrogens is 1. The van der Waals surface area contributed by atoms with Crippen LogP contribution in [0.25, 0.3) is 10.9 Å². The van der Waals surface area contributed by atoms with E-state index >= 15 is 0 Å². The van der Waals surface area contributed by atoms with Crippen molar-refractivity contribution in [2.75, 3.05) is 7.11 Å². The highest BCUT2D eigenvalue weighted by molar-refractivity contribution is 14.1. The van der Waals surface area contributed by atoms with Crippen molar-refractivity contribution in [3.8, 4) is 5.75 Å². The van der Waals surface area contributed by atoms with Crippen LogP contribution in [-0.4, -0.2) is 18.0 Å². The molecule has 2 aromatic carbocycles. The number of aromatic nitrogens is 1. The Hall–Kier alpha value is -1.73. The lowest BCUT2D eigenvalue weighted by Gasteiger charge is -2.14. The van der Waals surface area contributed by atoms with Gasteiger partial charge in [0.2, 0.25) is 0 Å². The van der Waals surface area contributed by atoms with Crippen molar-refractivity contribution in [3.63, 3.8) is 0 Å². The minimum Gasteiger partial charge on any atom is -0.497 e. The first-order valence-corrected chi connectivity index (χ1v) is 8.87. The maximum absolute atomic E-state index is 12.6. The predicted octanol–water partition coefficient (Wildman–Crippen LogP) is 4.93. The van der Waals surface area contributed by atoms with Crippen LogP contribution in [0.2, 0.25) is 5.02 Å². The summed E-state index contributed by atoms with van der Waals surface area (Å²) in [5.74, 6) is 0.648. The van der Waals surface area contributed by atoms with Gasteiger partial charge in [-0.1, -0.05) is 23.7 Å². The van der Waals surface area contributed by atoms with Gasteiger partial charge in [0.05, 0.1) is 16.7 Å². The first-order chi connectivity index (χ1) is 11.5. The van der Waals surface area contributed by atoms with Crippen LogP contribution in [0.3, 0.4) is 0 Å². The van der Waals surface area contributed by atoms with Crippen molar-refractivity contribution < 1.29 is 9.53 Å². The highest BCUT2D eigenvalue weighted by atomic mass is 127. The van der Waals surface area contributed by atoms with Crippen molar-refractivity contribution in [2.24, 2.45) is 0 Å². The van der Waals surface area contributed by atoms with Crippen molar-refractivity contribution >= 4 is 51.0 Å². The average molecular weight is 455 g/mol. The van der Waals surface area contributed by atoms with E-state index in [0.717, 1.165) is 25.8 Å². The average Bonchev–Trinajstić information content (AvgIpc) is 2.91. The molecule has 0 bridgehead atoms. The first-order valence-electron chi connectivity index (χ1n) is 7.41. The third kappa shape index (κ3) is 3.37. The number of halogens is 2. The van der Waals surface area contributed by atoms with E-state index in [1.807, 2.05) is 43.3 Å². The molecule has 2 N–H and O–H groups in total. The Labute approximate surface area is 158 Å². The summed E-state index contributed by atoms with van der Waals surface area (Å²) in [7, 11) is 1.63. The number of fused-ring (bicyclic) bond motifs is 1. The lowest BCUT2D eigenvalue weighted by Crippen LogP contribution is -2.27. The van der Waals surface area contributed by atoms with Gasteiger partial charge in [0.15, 0.2) is 0 Å². The zero-order chi connectivity index (χ0) is 17.3. The standard InChI is InChI=1S/C18H16ClIN2O2/c1-10(11-3-6-13(24-2)7-4-11)21-18(23)17-16(20)14-9-12(19)5-8-15(14)22-17/h3-10,22H,1-2H3,(H,21,23)/t10-/m1/s1. The SMILES string of the molecule is COc1ccc([C@@H](C)NC(=O)c2[nH]c3ccc(Cl)cc3c2I)cc1. The van der Waals surface area contributed by atoms with E-state index in [9.17, 15) is 4.79 Å². The normalized spacial score (nSPS) is 12.2.